The largest absolute Gasteiger partial charge is 0.463 e. The van der Waals surface area contributed by atoms with Crippen LogP contribution in [0, 0.1) is 5.41 Å². The van der Waals surface area contributed by atoms with Gasteiger partial charge in [0.25, 0.3) is 0 Å². The van der Waals surface area contributed by atoms with E-state index in [9.17, 15) is 4.79 Å². The van der Waals surface area contributed by atoms with Gasteiger partial charge in [-0.05, 0) is 0 Å². The minimum atomic E-state index is -0.488. The minimum absolute atomic E-state index is 0.128. The van der Waals surface area contributed by atoms with Gasteiger partial charge < -0.3 is 14.2 Å². The maximum Gasteiger partial charge on any atom is 0.336 e. The van der Waals surface area contributed by atoms with Crippen LogP contribution in [0.3, 0.4) is 0 Å². The lowest BCUT2D eigenvalue weighted by Gasteiger charge is -2.21. The van der Waals surface area contributed by atoms with Crippen molar-refractivity contribution in [3.63, 3.8) is 0 Å². The van der Waals surface area contributed by atoms with Crippen molar-refractivity contribution in [2.45, 2.75) is 20.0 Å². The summed E-state index contributed by atoms with van der Waals surface area (Å²) in [6, 6.07) is 0. The zero-order valence-electron chi connectivity index (χ0n) is 7.62. The predicted molar refractivity (Wildman–Crippen MR) is 41.5 cm³/mol. The van der Waals surface area contributed by atoms with Crippen molar-refractivity contribution < 1.29 is 19.0 Å². The topological polar surface area (TPSA) is 44.8 Å². The zero-order chi connectivity index (χ0) is 9.19. The summed E-state index contributed by atoms with van der Waals surface area (Å²) in [5.41, 5.74) is -0.240. The Bertz CT molecular complexity index is 176. The van der Waals surface area contributed by atoms with Crippen molar-refractivity contribution in [2.75, 3.05) is 20.5 Å². The fourth-order valence-electron chi connectivity index (χ4n) is 1.16. The molecular weight excluding hydrogens is 160 g/mol. The molecule has 12 heavy (non-hydrogen) atoms. The molecular formula is C8H14O4. The lowest BCUT2D eigenvalue weighted by Crippen LogP contribution is -2.33. The molecule has 0 spiro atoms. The van der Waals surface area contributed by atoms with E-state index >= 15 is 0 Å². The first-order chi connectivity index (χ1) is 5.58. The van der Waals surface area contributed by atoms with E-state index in [1.165, 1.54) is 7.11 Å². The lowest BCUT2D eigenvalue weighted by molar-refractivity contribution is -0.156. The second kappa shape index (κ2) is 3.41. The maximum atomic E-state index is 11.1. The van der Waals surface area contributed by atoms with E-state index in [0.29, 0.717) is 6.61 Å². The van der Waals surface area contributed by atoms with E-state index < -0.39 is 6.10 Å². The number of carbonyl (C=O) groups excluding carboxylic acids is 1. The van der Waals surface area contributed by atoms with E-state index in [1.54, 1.807) is 0 Å². The normalized spacial score (nSPS) is 27.2. The van der Waals surface area contributed by atoms with Crippen LogP contribution in [0.5, 0.6) is 0 Å². The molecule has 0 N–H and O–H groups in total. The number of hydrogen-bond donors (Lipinski definition) is 0. The average molecular weight is 174 g/mol. The summed E-state index contributed by atoms with van der Waals surface area (Å²) in [4.78, 5) is 11.1. The van der Waals surface area contributed by atoms with Gasteiger partial charge in [0, 0.05) is 12.5 Å². The van der Waals surface area contributed by atoms with Crippen molar-refractivity contribution in [3.8, 4) is 0 Å². The molecule has 1 atom stereocenters. The molecule has 0 aromatic carbocycles. The minimum Gasteiger partial charge on any atom is -0.463 e. The Morgan fingerprint density at radius 3 is 2.75 bits per heavy atom. The number of hydrogen-bond acceptors (Lipinski definition) is 4. The van der Waals surface area contributed by atoms with Gasteiger partial charge in [-0.2, -0.15) is 0 Å². The molecule has 4 nitrogen and oxygen atoms in total. The van der Waals surface area contributed by atoms with E-state index in [4.69, 9.17) is 14.2 Å². The third kappa shape index (κ3) is 1.76. The predicted octanol–water partition coefficient (Wildman–Crippen LogP) is 0.558. The molecule has 1 fully saturated rings. The van der Waals surface area contributed by atoms with Crippen LogP contribution in [-0.4, -0.2) is 32.6 Å². The second-order valence-electron chi connectivity index (χ2n) is 3.55. The van der Waals surface area contributed by atoms with Gasteiger partial charge in [0.1, 0.15) is 6.79 Å². The Morgan fingerprint density at radius 1 is 1.67 bits per heavy atom. The van der Waals surface area contributed by atoms with Crippen LogP contribution in [0.4, 0.5) is 0 Å². The van der Waals surface area contributed by atoms with Gasteiger partial charge in [-0.1, -0.05) is 13.8 Å². The highest BCUT2D eigenvalue weighted by Gasteiger charge is 2.44. The molecule has 0 aliphatic carbocycles. The monoisotopic (exact) mass is 174 g/mol. The first kappa shape index (κ1) is 9.48. The molecule has 0 aromatic rings. The summed E-state index contributed by atoms with van der Waals surface area (Å²) >= 11 is 0. The third-order valence-corrected chi connectivity index (χ3v) is 1.86. The van der Waals surface area contributed by atoms with Crippen LogP contribution in [0.2, 0.25) is 0 Å². The molecule has 0 saturated carbocycles. The Kier molecular flexibility index (Phi) is 2.69. The quantitative estimate of drug-likeness (QED) is 0.463. The smallest absolute Gasteiger partial charge is 0.336 e. The number of methoxy groups -OCH3 is 1. The molecule has 0 amide bonds. The number of ether oxygens (including phenoxy) is 3. The Balaban J connectivity index is 2.53. The van der Waals surface area contributed by atoms with Crippen LogP contribution < -0.4 is 0 Å². The third-order valence-electron chi connectivity index (χ3n) is 1.86. The maximum absolute atomic E-state index is 11.1. The SMILES string of the molecule is COCOC1C(=O)OCC1(C)C. The van der Waals surface area contributed by atoms with E-state index in [1.807, 2.05) is 13.8 Å². The van der Waals surface area contributed by atoms with Gasteiger partial charge in [0.15, 0.2) is 6.10 Å². The molecule has 1 rings (SSSR count). The van der Waals surface area contributed by atoms with Gasteiger partial charge in [-0.3, -0.25) is 0 Å². The molecule has 0 bridgehead atoms. The van der Waals surface area contributed by atoms with Gasteiger partial charge in [-0.15, -0.1) is 0 Å². The van der Waals surface area contributed by atoms with Crippen molar-refractivity contribution in [1.29, 1.82) is 0 Å². The Hall–Kier alpha value is -0.610. The van der Waals surface area contributed by atoms with Crippen LogP contribution in [0.15, 0.2) is 0 Å². The van der Waals surface area contributed by atoms with Gasteiger partial charge in [-0.25, -0.2) is 4.79 Å². The van der Waals surface area contributed by atoms with E-state index in [-0.39, 0.29) is 18.2 Å². The Morgan fingerprint density at radius 2 is 2.33 bits per heavy atom. The highest BCUT2D eigenvalue weighted by atomic mass is 16.7. The summed E-state index contributed by atoms with van der Waals surface area (Å²) in [6.07, 6.45) is -0.488. The molecule has 1 aliphatic rings. The standard InChI is InChI=1S/C8H14O4/c1-8(2)4-11-7(9)6(8)12-5-10-3/h6H,4-5H2,1-3H3. The first-order valence-corrected chi connectivity index (χ1v) is 3.85. The van der Waals surface area contributed by atoms with Gasteiger partial charge in [0.2, 0.25) is 0 Å². The van der Waals surface area contributed by atoms with Crippen LogP contribution in [0.25, 0.3) is 0 Å². The Labute approximate surface area is 71.8 Å². The van der Waals surface area contributed by atoms with Gasteiger partial charge in [0.05, 0.1) is 6.61 Å². The molecule has 70 valence electrons. The van der Waals surface area contributed by atoms with Gasteiger partial charge >= 0.3 is 5.97 Å². The molecule has 4 heteroatoms. The van der Waals surface area contributed by atoms with Crippen molar-refractivity contribution in [3.05, 3.63) is 0 Å². The molecule has 1 saturated heterocycles. The highest BCUT2D eigenvalue weighted by molar-refractivity contribution is 5.77. The van der Waals surface area contributed by atoms with E-state index in [2.05, 4.69) is 0 Å². The van der Waals surface area contributed by atoms with Crippen LogP contribution >= 0.6 is 0 Å². The molecule has 1 unspecified atom stereocenters. The second-order valence-corrected chi connectivity index (χ2v) is 3.55. The summed E-state index contributed by atoms with van der Waals surface area (Å²) < 4.78 is 14.8. The fraction of sp³-hybridized carbons (Fsp3) is 0.875. The van der Waals surface area contributed by atoms with Crippen molar-refractivity contribution in [1.82, 2.24) is 0 Å². The van der Waals surface area contributed by atoms with Crippen molar-refractivity contribution >= 4 is 5.97 Å². The zero-order valence-corrected chi connectivity index (χ0v) is 7.62. The summed E-state index contributed by atoms with van der Waals surface area (Å²) in [5.74, 6) is -0.294. The molecule has 1 heterocycles. The number of esters is 1. The fourth-order valence-corrected chi connectivity index (χ4v) is 1.16. The van der Waals surface area contributed by atoms with Crippen molar-refractivity contribution in [2.24, 2.45) is 5.41 Å². The molecule has 1 aliphatic heterocycles. The van der Waals surface area contributed by atoms with E-state index in [0.717, 1.165) is 0 Å². The highest BCUT2D eigenvalue weighted by Crippen LogP contribution is 2.30. The summed E-state index contributed by atoms with van der Waals surface area (Å²) in [6.45, 7) is 4.40. The molecule has 0 radical (unpaired) electrons. The number of carbonyl (C=O) groups is 1. The van der Waals surface area contributed by atoms with Crippen LogP contribution in [-0.2, 0) is 19.0 Å². The summed E-state index contributed by atoms with van der Waals surface area (Å²) in [7, 11) is 1.52. The summed E-state index contributed by atoms with van der Waals surface area (Å²) in [5, 5.41) is 0. The average Bonchev–Trinajstić information content (AvgIpc) is 2.24. The van der Waals surface area contributed by atoms with Crippen LogP contribution in [0.1, 0.15) is 13.8 Å². The first-order valence-electron chi connectivity index (χ1n) is 3.85. The number of rotatable bonds is 3. The number of cyclic esters (lactones) is 1. The lowest BCUT2D eigenvalue weighted by atomic mass is 9.90. The molecule has 0 aromatic heterocycles.